The van der Waals surface area contributed by atoms with Gasteiger partial charge < -0.3 is 30.6 Å². The molecule has 20 nitrogen and oxygen atoms in total. The third-order valence-corrected chi connectivity index (χ3v) is 8.96. The maximum absolute atomic E-state index is 11.7. The maximum atomic E-state index is 11.7. The third-order valence-electron chi connectivity index (χ3n) is 8.96. The molecule has 2 aliphatic rings. The van der Waals surface area contributed by atoms with Gasteiger partial charge in [-0.1, -0.05) is 11.8 Å². The van der Waals surface area contributed by atoms with Crippen LogP contribution in [0.1, 0.15) is 33.9 Å². The van der Waals surface area contributed by atoms with Gasteiger partial charge in [0.15, 0.2) is 0 Å². The second-order valence-electron chi connectivity index (χ2n) is 13.9. The minimum Gasteiger partial charge on any atom is -0.480 e. The zero-order valence-corrected chi connectivity index (χ0v) is 31.7. The van der Waals surface area contributed by atoms with Crippen LogP contribution in [-0.2, 0) is 54.9 Å². The van der Waals surface area contributed by atoms with Crippen molar-refractivity contribution in [2.45, 2.75) is 26.2 Å². The fourth-order valence-corrected chi connectivity index (χ4v) is 6.57. The van der Waals surface area contributed by atoms with Crippen LogP contribution in [0, 0.1) is 23.7 Å². The Bertz CT molecular complexity index is 1740. The standard InChI is InChI=1S/C38H46N8O12/c47-33(48)21-41-5-9-43(23-35(51)52)17-29-13-27(14-30(39-29)18-44(10-6-41)24-36(53)54)3-1-2-4-28-15-31-19-45(25-37(55)56)11-7-42(22-34(49)50)8-12-46(26-38(57)58)20-32(16-28)40-31/h13-16H,5-12,17-26H2,(H,47,48)(H,49,50)(H,51,52)(H,53,54)(H,55,56)(H,57,58). The van der Waals surface area contributed by atoms with E-state index in [0.717, 1.165) is 0 Å². The van der Waals surface area contributed by atoms with Crippen molar-refractivity contribution in [3.05, 3.63) is 58.2 Å². The molecule has 2 aromatic rings. The SMILES string of the molecule is O=C(O)CN1CCN(CC(=O)O)Cc2cc(C#CC#Cc3cc4nc(c3)CN(CC(=O)O)CCN(CC(=O)O)CCN(CC(=O)O)C4)cc(n2)CN(CC(=O)O)CC1. The smallest absolute Gasteiger partial charge is 0.317 e. The molecule has 310 valence electrons. The van der Waals surface area contributed by atoms with Crippen molar-refractivity contribution in [2.24, 2.45) is 0 Å². The van der Waals surface area contributed by atoms with E-state index in [1.54, 1.807) is 53.7 Å². The Morgan fingerprint density at radius 1 is 0.397 bits per heavy atom. The Labute approximate surface area is 333 Å². The Morgan fingerprint density at radius 3 is 0.828 bits per heavy atom. The summed E-state index contributed by atoms with van der Waals surface area (Å²) in [5.74, 6) is 5.18. The van der Waals surface area contributed by atoms with Gasteiger partial charge in [-0.2, -0.15) is 0 Å². The first-order chi connectivity index (χ1) is 27.6. The minimum atomic E-state index is -1.08. The molecule has 20 heteroatoms. The Hall–Kier alpha value is -6.00. The van der Waals surface area contributed by atoms with Crippen molar-refractivity contribution in [3.63, 3.8) is 0 Å². The van der Waals surface area contributed by atoms with E-state index in [-0.39, 0.29) is 118 Å². The lowest BCUT2D eigenvalue weighted by Crippen LogP contribution is -2.44. The Kier molecular flexibility index (Phi) is 17.0. The molecule has 2 aromatic heterocycles. The van der Waals surface area contributed by atoms with Gasteiger partial charge in [0.25, 0.3) is 0 Å². The zero-order chi connectivity index (χ0) is 42.2. The van der Waals surface area contributed by atoms with Crippen LogP contribution in [-0.4, -0.2) is 197 Å². The van der Waals surface area contributed by atoms with Crippen LogP contribution in [0.2, 0.25) is 0 Å². The molecular formula is C38H46N8O12. The van der Waals surface area contributed by atoms with E-state index in [0.29, 0.717) is 33.9 Å². The summed E-state index contributed by atoms with van der Waals surface area (Å²) < 4.78 is 0. The summed E-state index contributed by atoms with van der Waals surface area (Å²) in [5.41, 5.74) is 2.85. The molecule has 0 atom stereocenters. The van der Waals surface area contributed by atoms with Gasteiger partial charge in [0.05, 0.1) is 62.0 Å². The number of fused-ring (bicyclic) bond motifs is 4. The average molecular weight is 807 g/mol. The summed E-state index contributed by atoms with van der Waals surface area (Å²) in [7, 11) is 0. The van der Waals surface area contributed by atoms with Crippen LogP contribution in [0.3, 0.4) is 0 Å². The lowest BCUT2D eigenvalue weighted by Gasteiger charge is -2.29. The molecule has 58 heavy (non-hydrogen) atoms. The molecule has 0 fully saturated rings. The average Bonchev–Trinajstić information content (AvgIpc) is 3.09. The van der Waals surface area contributed by atoms with E-state index < -0.39 is 35.8 Å². The number of nitrogens with zero attached hydrogens (tertiary/aromatic N) is 8. The van der Waals surface area contributed by atoms with Crippen LogP contribution in [0.4, 0.5) is 0 Å². The highest BCUT2D eigenvalue weighted by Crippen LogP contribution is 2.14. The summed E-state index contributed by atoms with van der Waals surface area (Å²) in [6, 6.07) is 6.70. The molecule has 0 saturated carbocycles. The highest BCUT2D eigenvalue weighted by atomic mass is 16.4. The van der Waals surface area contributed by atoms with Gasteiger partial charge in [-0.25, -0.2) is 0 Å². The predicted molar refractivity (Wildman–Crippen MR) is 202 cm³/mol. The van der Waals surface area contributed by atoms with E-state index >= 15 is 0 Å². The Morgan fingerprint density at radius 2 is 0.603 bits per heavy atom. The van der Waals surface area contributed by atoms with Crippen molar-refractivity contribution >= 4 is 35.8 Å². The van der Waals surface area contributed by atoms with Gasteiger partial charge in [-0.15, -0.1) is 0 Å². The van der Waals surface area contributed by atoms with Crippen molar-refractivity contribution in [1.82, 2.24) is 39.4 Å². The van der Waals surface area contributed by atoms with E-state index in [9.17, 15) is 59.4 Å². The van der Waals surface area contributed by atoms with E-state index in [1.165, 1.54) is 0 Å². The molecule has 0 spiro atoms. The fourth-order valence-electron chi connectivity index (χ4n) is 6.57. The van der Waals surface area contributed by atoms with Gasteiger partial charge in [0, 0.05) is 89.7 Å². The second-order valence-corrected chi connectivity index (χ2v) is 13.9. The third kappa shape index (κ3) is 16.6. The van der Waals surface area contributed by atoms with Crippen LogP contribution in [0.5, 0.6) is 0 Å². The molecule has 4 heterocycles. The molecule has 0 aliphatic carbocycles. The number of pyridine rings is 2. The summed E-state index contributed by atoms with van der Waals surface area (Å²) in [6.45, 7) is 0.200. The van der Waals surface area contributed by atoms with Crippen LogP contribution < -0.4 is 0 Å². The molecule has 4 bridgehead atoms. The number of aromatic nitrogens is 2. The number of hydrogen-bond acceptors (Lipinski definition) is 14. The molecule has 6 N–H and O–H groups in total. The van der Waals surface area contributed by atoms with Gasteiger partial charge >= 0.3 is 35.8 Å². The maximum Gasteiger partial charge on any atom is 0.317 e. The monoisotopic (exact) mass is 806 g/mol. The van der Waals surface area contributed by atoms with Crippen molar-refractivity contribution in [1.29, 1.82) is 0 Å². The molecule has 0 unspecified atom stereocenters. The zero-order valence-electron chi connectivity index (χ0n) is 31.7. The summed E-state index contributed by atoms with van der Waals surface area (Å²) in [5, 5.41) is 57.1. The van der Waals surface area contributed by atoms with E-state index in [4.69, 9.17) is 0 Å². The number of carboxylic acid groups (broad SMARTS) is 6. The molecule has 0 radical (unpaired) electrons. The summed E-state index contributed by atoms with van der Waals surface area (Å²) in [6.07, 6.45) is 0. The lowest BCUT2D eigenvalue weighted by atomic mass is 10.1. The van der Waals surface area contributed by atoms with Crippen LogP contribution in [0.15, 0.2) is 24.3 Å². The van der Waals surface area contributed by atoms with Crippen molar-refractivity contribution in [2.75, 3.05) is 91.6 Å². The number of aliphatic carboxylic acids is 6. The first-order valence-corrected chi connectivity index (χ1v) is 18.2. The van der Waals surface area contributed by atoms with Crippen LogP contribution in [0.25, 0.3) is 0 Å². The Balaban J connectivity index is 1.66. The number of rotatable bonds is 12. The van der Waals surface area contributed by atoms with Gasteiger partial charge in [-0.05, 0) is 36.1 Å². The van der Waals surface area contributed by atoms with Gasteiger partial charge in [0.1, 0.15) is 0 Å². The summed E-state index contributed by atoms with van der Waals surface area (Å²) >= 11 is 0. The molecular weight excluding hydrogens is 760 g/mol. The quantitative estimate of drug-likeness (QED) is 0.130. The number of hydrogen-bond donors (Lipinski definition) is 6. The first kappa shape index (κ1) is 44.7. The highest BCUT2D eigenvalue weighted by Gasteiger charge is 2.22. The topological polar surface area (TPSA) is 269 Å². The molecule has 0 amide bonds. The number of carboxylic acids is 6. The summed E-state index contributed by atoms with van der Waals surface area (Å²) in [4.78, 5) is 89.0. The van der Waals surface area contributed by atoms with Crippen molar-refractivity contribution in [3.8, 4) is 23.7 Å². The second kappa shape index (κ2) is 22.1. The molecule has 0 aromatic carbocycles. The van der Waals surface area contributed by atoms with Gasteiger partial charge in [0.2, 0.25) is 0 Å². The largest absolute Gasteiger partial charge is 0.480 e. The van der Waals surface area contributed by atoms with Crippen LogP contribution >= 0.6 is 0 Å². The fraction of sp³-hybridized carbons (Fsp3) is 0.474. The molecule has 4 rings (SSSR count). The van der Waals surface area contributed by atoms with E-state index in [1.807, 2.05) is 0 Å². The molecule has 0 saturated heterocycles. The van der Waals surface area contributed by atoms with Gasteiger partial charge in [-0.3, -0.25) is 68.1 Å². The normalized spacial score (nSPS) is 17.0. The van der Waals surface area contributed by atoms with Crippen molar-refractivity contribution < 1.29 is 59.4 Å². The number of carbonyl (C=O) groups is 6. The minimum absolute atomic E-state index is 0.0955. The lowest BCUT2D eigenvalue weighted by molar-refractivity contribution is -0.140. The molecule has 2 aliphatic heterocycles. The van der Waals surface area contributed by atoms with E-state index in [2.05, 4.69) is 33.6 Å². The first-order valence-electron chi connectivity index (χ1n) is 18.2. The predicted octanol–water partition coefficient (Wildman–Crippen LogP) is -1.77. The highest BCUT2D eigenvalue weighted by molar-refractivity contribution is 5.71.